The molecule has 1 aromatic heterocycles. The van der Waals surface area contributed by atoms with Crippen molar-refractivity contribution >= 4 is 5.91 Å². The van der Waals surface area contributed by atoms with Crippen molar-refractivity contribution in [2.45, 2.75) is 6.42 Å². The average Bonchev–Trinajstić information content (AvgIpc) is 2.29. The molecular formula is C10H16N4O. The Hall–Kier alpha value is -1.49. The van der Waals surface area contributed by atoms with Gasteiger partial charge in [0.05, 0.1) is 6.20 Å². The summed E-state index contributed by atoms with van der Waals surface area (Å²) in [6.07, 6.45) is 5.49. The molecule has 1 aromatic rings. The van der Waals surface area contributed by atoms with Crippen LogP contribution in [0, 0.1) is 0 Å². The van der Waals surface area contributed by atoms with Gasteiger partial charge in [-0.05, 0) is 20.0 Å². The van der Waals surface area contributed by atoms with Gasteiger partial charge in [0.15, 0.2) is 0 Å². The number of hydrogen-bond acceptors (Lipinski definition) is 4. The Bertz CT molecular complexity index is 302. The van der Waals surface area contributed by atoms with Gasteiger partial charge in [-0.15, -0.1) is 0 Å². The van der Waals surface area contributed by atoms with Crippen molar-refractivity contribution in [2.24, 2.45) is 0 Å². The van der Waals surface area contributed by atoms with Gasteiger partial charge >= 0.3 is 0 Å². The highest BCUT2D eigenvalue weighted by Gasteiger charge is 2.11. The molecule has 0 saturated heterocycles. The molecule has 0 bridgehead atoms. The molecule has 1 heterocycles. The molecular weight excluding hydrogens is 192 g/mol. The molecule has 0 fully saturated rings. The average molecular weight is 208 g/mol. The van der Waals surface area contributed by atoms with Crippen LogP contribution in [0.15, 0.2) is 18.6 Å². The summed E-state index contributed by atoms with van der Waals surface area (Å²) in [7, 11) is 3.66. The Labute approximate surface area is 89.5 Å². The van der Waals surface area contributed by atoms with E-state index in [9.17, 15) is 4.79 Å². The minimum atomic E-state index is -0.0841. The molecule has 0 aliphatic rings. The molecule has 1 rings (SSSR count). The second-order valence-corrected chi connectivity index (χ2v) is 3.27. The summed E-state index contributed by atoms with van der Waals surface area (Å²) in [4.78, 5) is 21.2. The molecule has 0 aliphatic carbocycles. The van der Waals surface area contributed by atoms with E-state index in [1.54, 1.807) is 18.1 Å². The normalized spacial score (nSPS) is 10.0. The number of amides is 1. The number of carbonyl (C=O) groups is 1. The zero-order valence-electron chi connectivity index (χ0n) is 9.10. The Morgan fingerprint density at radius 2 is 2.33 bits per heavy atom. The van der Waals surface area contributed by atoms with Gasteiger partial charge in [-0.1, -0.05) is 0 Å². The van der Waals surface area contributed by atoms with Crippen molar-refractivity contribution in [2.75, 3.05) is 27.2 Å². The van der Waals surface area contributed by atoms with Crippen LogP contribution in [-0.2, 0) is 0 Å². The van der Waals surface area contributed by atoms with E-state index in [2.05, 4.69) is 15.3 Å². The van der Waals surface area contributed by atoms with Crippen LogP contribution in [-0.4, -0.2) is 48.0 Å². The number of nitrogens with zero attached hydrogens (tertiary/aromatic N) is 3. The van der Waals surface area contributed by atoms with E-state index in [0.29, 0.717) is 5.69 Å². The summed E-state index contributed by atoms with van der Waals surface area (Å²) < 4.78 is 0. The van der Waals surface area contributed by atoms with E-state index in [1.165, 1.54) is 12.4 Å². The van der Waals surface area contributed by atoms with E-state index < -0.39 is 0 Å². The zero-order chi connectivity index (χ0) is 11.1. The Kier molecular flexibility index (Phi) is 4.70. The maximum Gasteiger partial charge on any atom is 0.273 e. The maximum absolute atomic E-state index is 11.7. The molecule has 0 atom stereocenters. The largest absolute Gasteiger partial charge is 0.340 e. The van der Waals surface area contributed by atoms with Crippen LogP contribution in [0.2, 0.25) is 0 Å². The fraction of sp³-hybridized carbons (Fsp3) is 0.500. The van der Waals surface area contributed by atoms with Gasteiger partial charge in [0.25, 0.3) is 5.91 Å². The van der Waals surface area contributed by atoms with E-state index >= 15 is 0 Å². The van der Waals surface area contributed by atoms with Gasteiger partial charge in [0.2, 0.25) is 0 Å². The third-order valence-corrected chi connectivity index (χ3v) is 2.05. The molecule has 0 radical (unpaired) electrons. The van der Waals surface area contributed by atoms with Gasteiger partial charge in [0.1, 0.15) is 5.69 Å². The summed E-state index contributed by atoms with van der Waals surface area (Å²) in [5.74, 6) is -0.0841. The monoisotopic (exact) mass is 208 g/mol. The standard InChI is InChI=1S/C10H16N4O/c1-11-4-3-7-14(2)10(15)9-8-12-5-6-13-9/h5-6,8,11H,3-4,7H2,1-2H3. The first-order chi connectivity index (χ1) is 7.25. The third-order valence-electron chi connectivity index (χ3n) is 2.05. The van der Waals surface area contributed by atoms with E-state index in [1.807, 2.05) is 7.05 Å². The van der Waals surface area contributed by atoms with Crippen molar-refractivity contribution in [3.63, 3.8) is 0 Å². The van der Waals surface area contributed by atoms with Gasteiger partial charge in [-0.2, -0.15) is 0 Å². The molecule has 1 amide bonds. The van der Waals surface area contributed by atoms with Crippen LogP contribution in [0.1, 0.15) is 16.9 Å². The van der Waals surface area contributed by atoms with Gasteiger partial charge < -0.3 is 10.2 Å². The fourth-order valence-corrected chi connectivity index (χ4v) is 1.20. The topological polar surface area (TPSA) is 58.1 Å². The lowest BCUT2D eigenvalue weighted by Crippen LogP contribution is -2.30. The van der Waals surface area contributed by atoms with E-state index in [4.69, 9.17) is 0 Å². The molecule has 15 heavy (non-hydrogen) atoms. The lowest BCUT2D eigenvalue weighted by atomic mass is 10.3. The highest BCUT2D eigenvalue weighted by atomic mass is 16.2. The quantitative estimate of drug-likeness (QED) is 0.700. The molecule has 5 nitrogen and oxygen atoms in total. The molecule has 0 spiro atoms. The molecule has 0 aliphatic heterocycles. The lowest BCUT2D eigenvalue weighted by molar-refractivity contribution is 0.0787. The third kappa shape index (κ3) is 3.63. The predicted octanol–water partition coefficient (Wildman–Crippen LogP) is 0.158. The molecule has 1 N–H and O–H groups in total. The van der Waals surface area contributed by atoms with Gasteiger partial charge in [-0.25, -0.2) is 4.98 Å². The van der Waals surface area contributed by atoms with Crippen molar-refractivity contribution in [3.8, 4) is 0 Å². The smallest absolute Gasteiger partial charge is 0.273 e. The van der Waals surface area contributed by atoms with Crippen LogP contribution < -0.4 is 5.32 Å². The number of carbonyl (C=O) groups excluding carboxylic acids is 1. The number of aromatic nitrogens is 2. The molecule has 5 heteroatoms. The van der Waals surface area contributed by atoms with Crippen molar-refractivity contribution in [1.29, 1.82) is 0 Å². The Balaban J connectivity index is 2.46. The zero-order valence-corrected chi connectivity index (χ0v) is 9.10. The van der Waals surface area contributed by atoms with Crippen molar-refractivity contribution in [1.82, 2.24) is 20.2 Å². The number of nitrogens with one attached hydrogen (secondary N) is 1. The van der Waals surface area contributed by atoms with Crippen LogP contribution in [0.25, 0.3) is 0 Å². The minimum absolute atomic E-state index is 0.0841. The van der Waals surface area contributed by atoms with Crippen molar-refractivity contribution < 1.29 is 4.79 Å². The highest BCUT2D eigenvalue weighted by Crippen LogP contribution is 1.97. The SMILES string of the molecule is CNCCCN(C)C(=O)c1cnccn1. The fourth-order valence-electron chi connectivity index (χ4n) is 1.20. The Morgan fingerprint density at radius 1 is 1.53 bits per heavy atom. The first-order valence-electron chi connectivity index (χ1n) is 4.91. The first kappa shape index (κ1) is 11.6. The lowest BCUT2D eigenvalue weighted by Gasteiger charge is -2.15. The van der Waals surface area contributed by atoms with Crippen molar-refractivity contribution in [3.05, 3.63) is 24.3 Å². The summed E-state index contributed by atoms with van der Waals surface area (Å²) in [5.41, 5.74) is 0.393. The minimum Gasteiger partial charge on any atom is -0.340 e. The molecule has 0 unspecified atom stereocenters. The van der Waals surface area contributed by atoms with E-state index in [-0.39, 0.29) is 5.91 Å². The summed E-state index contributed by atoms with van der Waals surface area (Å²) in [5, 5.41) is 3.04. The number of rotatable bonds is 5. The second-order valence-electron chi connectivity index (χ2n) is 3.27. The Morgan fingerprint density at radius 3 is 2.93 bits per heavy atom. The maximum atomic E-state index is 11.7. The summed E-state index contributed by atoms with van der Waals surface area (Å²) in [6, 6.07) is 0. The highest BCUT2D eigenvalue weighted by molar-refractivity contribution is 5.91. The van der Waals surface area contributed by atoms with Crippen LogP contribution in [0.5, 0.6) is 0 Å². The molecule has 82 valence electrons. The van der Waals surface area contributed by atoms with Gasteiger partial charge in [-0.3, -0.25) is 9.78 Å². The predicted molar refractivity (Wildman–Crippen MR) is 57.5 cm³/mol. The van der Waals surface area contributed by atoms with E-state index in [0.717, 1.165) is 19.5 Å². The number of hydrogen-bond donors (Lipinski definition) is 1. The summed E-state index contributed by atoms with van der Waals surface area (Å²) >= 11 is 0. The van der Waals surface area contributed by atoms with Crippen LogP contribution in [0.3, 0.4) is 0 Å². The van der Waals surface area contributed by atoms with Crippen LogP contribution in [0.4, 0.5) is 0 Å². The van der Waals surface area contributed by atoms with Crippen LogP contribution >= 0.6 is 0 Å². The first-order valence-corrected chi connectivity index (χ1v) is 4.91. The van der Waals surface area contributed by atoms with Gasteiger partial charge in [0, 0.05) is 26.0 Å². The second kappa shape index (κ2) is 6.08. The molecule has 0 aromatic carbocycles. The summed E-state index contributed by atoms with van der Waals surface area (Å²) in [6.45, 7) is 1.62. The molecule has 0 saturated carbocycles.